The maximum Gasteiger partial charge on any atom is 0.136 e. The minimum Gasteiger partial charge on any atom is -0.390 e. The Balaban J connectivity index is 2.06. The van der Waals surface area contributed by atoms with Gasteiger partial charge in [-0.15, -0.1) is 0 Å². The standard InChI is InChI=1S/C16H20N2O/c1-2-12-7-8-18(10-12)16-15-6-4-3-5-13(15)9-14(11-19)17-16/h3-6,9,12,19H,2,7-8,10-11H2,1H3. The van der Waals surface area contributed by atoms with Gasteiger partial charge in [-0.05, 0) is 23.8 Å². The number of nitrogens with zero attached hydrogens (tertiary/aromatic N) is 2. The van der Waals surface area contributed by atoms with E-state index in [1.54, 1.807) is 0 Å². The van der Waals surface area contributed by atoms with E-state index in [1.165, 1.54) is 18.2 Å². The maximum atomic E-state index is 9.38. The number of benzene rings is 1. The Morgan fingerprint density at radius 2 is 2.21 bits per heavy atom. The van der Waals surface area contributed by atoms with Crippen LogP contribution in [0, 0.1) is 5.92 Å². The number of fused-ring (bicyclic) bond motifs is 1. The highest BCUT2D eigenvalue weighted by Gasteiger charge is 2.23. The van der Waals surface area contributed by atoms with Crippen LogP contribution in [0.2, 0.25) is 0 Å². The molecule has 1 unspecified atom stereocenters. The molecule has 1 N–H and O–H groups in total. The molecule has 3 rings (SSSR count). The van der Waals surface area contributed by atoms with E-state index < -0.39 is 0 Å². The Labute approximate surface area is 113 Å². The van der Waals surface area contributed by atoms with Gasteiger partial charge in [-0.1, -0.05) is 37.6 Å². The number of anilines is 1. The number of aliphatic hydroxyl groups is 1. The first-order valence-electron chi connectivity index (χ1n) is 7.06. The predicted octanol–water partition coefficient (Wildman–Crippen LogP) is 2.96. The molecule has 19 heavy (non-hydrogen) atoms. The molecule has 0 radical (unpaired) electrons. The van der Waals surface area contributed by atoms with Crippen LogP contribution in [0.5, 0.6) is 0 Å². The third-order valence-electron chi connectivity index (χ3n) is 4.10. The van der Waals surface area contributed by atoms with E-state index in [2.05, 4.69) is 35.0 Å². The van der Waals surface area contributed by atoms with Gasteiger partial charge in [-0.25, -0.2) is 4.98 Å². The molecule has 1 aromatic heterocycles. The highest BCUT2D eigenvalue weighted by Crippen LogP contribution is 2.30. The molecular formula is C16H20N2O. The first-order valence-corrected chi connectivity index (χ1v) is 7.06. The molecule has 2 heterocycles. The van der Waals surface area contributed by atoms with E-state index in [4.69, 9.17) is 0 Å². The summed E-state index contributed by atoms with van der Waals surface area (Å²) < 4.78 is 0. The van der Waals surface area contributed by atoms with Crippen molar-refractivity contribution in [3.8, 4) is 0 Å². The van der Waals surface area contributed by atoms with Gasteiger partial charge in [0.2, 0.25) is 0 Å². The van der Waals surface area contributed by atoms with Crippen LogP contribution >= 0.6 is 0 Å². The molecule has 0 saturated carbocycles. The molecule has 1 aliphatic rings. The van der Waals surface area contributed by atoms with Gasteiger partial charge in [0, 0.05) is 18.5 Å². The van der Waals surface area contributed by atoms with Crippen LogP contribution in [-0.2, 0) is 6.61 Å². The lowest BCUT2D eigenvalue weighted by atomic mass is 10.1. The zero-order chi connectivity index (χ0) is 13.2. The quantitative estimate of drug-likeness (QED) is 0.917. The van der Waals surface area contributed by atoms with Crippen LogP contribution in [-0.4, -0.2) is 23.2 Å². The Kier molecular flexibility index (Phi) is 3.38. The topological polar surface area (TPSA) is 36.4 Å². The summed E-state index contributed by atoms with van der Waals surface area (Å²) in [5.41, 5.74) is 0.758. The first kappa shape index (κ1) is 12.4. The average Bonchev–Trinajstić information content (AvgIpc) is 2.94. The second-order valence-electron chi connectivity index (χ2n) is 5.33. The lowest BCUT2D eigenvalue weighted by Gasteiger charge is -2.20. The van der Waals surface area contributed by atoms with Gasteiger partial charge in [0.15, 0.2) is 0 Å². The molecular weight excluding hydrogens is 236 g/mol. The predicted molar refractivity (Wildman–Crippen MR) is 78.3 cm³/mol. The number of hydrogen-bond donors (Lipinski definition) is 1. The summed E-state index contributed by atoms with van der Waals surface area (Å²) in [6, 6.07) is 10.3. The van der Waals surface area contributed by atoms with Gasteiger partial charge in [-0.2, -0.15) is 0 Å². The second kappa shape index (κ2) is 5.17. The molecule has 3 heteroatoms. The SMILES string of the molecule is CCC1CCN(c2nc(CO)cc3ccccc23)C1. The van der Waals surface area contributed by atoms with E-state index in [9.17, 15) is 5.11 Å². The minimum absolute atomic E-state index is 0.00286. The van der Waals surface area contributed by atoms with Gasteiger partial charge >= 0.3 is 0 Å². The van der Waals surface area contributed by atoms with E-state index in [0.717, 1.165) is 35.9 Å². The molecule has 100 valence electrons. The molecule has 2 aromatic rings. The molecule has 0 spiro atoms. The van der Waals surface area contributed by atoms with Crippen molar-refractivity contribution in [2.75, 3.05) is 18.0 Å². The minimum atomic E-state index is 0.00286. The number of hydrogen-bond acceptors (Lipinski definition) is 3. The fourth-order valence-corrected chi connectivity index (χ4v) is 2.91. The number of aliphatic hydroxyl groups excluding tert-OH is 1. The molecule has 1 atom stereocenters. The van der Waals surface area contributed by atoms with Crippen molar-refractivity contribution < 1.29 is 5.11 Å². The molecule has 1 fully saturated rings. The van der Waals surface area contributed by atoms with Gasteiger partial charge in [0.1, 0.15) is 5.82 Å². The second-order valence-corrected chi connectivity index (χ2v) is 5.33. The van der Waals surface area contributed by atoms with Crippen LogP contribution in [0.3, 0.4) is 0 Å². The van der Waals surface area contributed by atoms with E-state index >= 15 is 0 Å². The fraction of sp³-hybridized carbons (Fsp3) is 0.438. The van der Waals surface area contributed by atoms with Crippen LogP contribution in [0.1, 0.15) is 25.5 Å². The van der Waals surface area contributed by atoms with Crippen molar-refractivity contribution in [2.45, 2.75) is 26.4 Å². The molecule has 1 saturated heterocycles. The summed E-state index contributed by atoms with van der Waals surface area (Å²) in [5.74, 6) is 1.82. The van der Waals surface area contributed by atoms with Gasteiger partial charge in [0.25, 0.3) is 0 Å². The lowest BCUT2D eigenvalue weighted by Crippen LogP contribution is -2.21. The number of rotatable bonds is 3. The Hall–Kier alpha value is -1.61. The maximum absolute atomic E-state index is 9.38. The largest absolute Gasteiger partial charge is 0.390 e. The third kappa shape index (κ3) is 2.30. The molecule has 1 aromatic carbocycles. The van der Waals surface area contributed by atoms with Gasteiger partial charge in [0.05, 0.1) is 12.3 Å². The molecule has 1 aliphatic heterocycles. The summed E-state index contributed by atoms with van der Waals surface area (Å²) in [5, 5.41) is 11.7. The molecule has 0 amide bonds. The van der Waals surface area contributed by atoms with Crippen LogP contribution in [0.4, 0.5) is 5.82 Å². The molecule has 0 bridgehead atoms. The average molecular weight is 256 g/mol. The van der Waals surface area contributed by atoms with Crippen LogP contribution in [0.25, 0.3) is 10.8 Å². The van der Waals surface area contributed by atoms with Crippen molar-refractivity contribution in [1.82, 2.24) is 4.98 Å². The Morgan fingerprint density at radius 1 is 1.37 bits per heavy atom. The zero-order valence-electron chi connectivity index (χ0n) is 11.3. The van der Waals surface area contributed by atoms with Crippen molar-refractivity contribution in [2.24, 2.45) is 5.92 Å². The summed E-state index contributed by atoms with van der Waals surface area (Å²) in [7, 11) is 0. The highest BCUT2D eigenvalue weighted by atomic mass is 16.3. The third-order valence-corrected chi connectivity index (χ3v) is 4.10. The van der Waals surface area contributed by atoms with E-state index in [0.29, 0.717) is 0 Å². The molecule has 0 aliphatic carbocycles. The van der Waals surface area contributed by atoms with E-state index in [-0.39, 0.29) is 6.61 Å². The Bertz CT molecular complexity index is 582. The first-order chi connectivity index (χ1) is 9.31. The van der Waals surface area contributed by atoms with Crippen molar-refractivity contribution in [3.63, 3.8) is 0 Å². The number of aromatic nitrogens is 1. The molecule has 3 nitrogen and oxygen atoms in total. The van der Waals surface area contributed by atoms with Crippen LogP contribution < -0.4 is 4.90 Å². The highest BCUT2D eigenvalue weighted by molar-refractivity contribution is 5.92. The summed E-state index contributed by atoms with van der Waals surface area (Å²) in [6.45, 7) is 4.42. The fourth-order valence-electron chi connectivity index (χ4n) is 2.91. The smallest absolute Gasteiger partial charge is 0.136 e. The summed E-state index contributed by atoms with van der Waals surface area (Å²) in [4.78, 5) is 7.02. The summed E-state index contributed by atoms with van der Waals surface area (Å²) in [6.07, 6.45) is 2.48. The lowest BCUT2D eigenvalue weighted by molar-refractivity contribution is 0.277. The zero-order valence-corrected chi connectivity index (χ0v) is 11.3. The Morgan fingerprint density at radius 3 is 2.95 bits per heavy atom. The summed E-state index contributed by atoms with van der Waals surface area (Å²) >= 11 is 0. The monoisotopic (exact) mass is 256 g/mol. The van der Waals surface area contributed by atoms with Crippen molar-refractivity contribution in [3.05, 3.63) is 36.0 Å². The van der Waals surface area contributed by atoms with Crippen molar-refractivity contribution >= 4 is 16.6 Å². The van der Waals surface area contributed by atoms with Gasteiger partial charge in [-0.3, -0.25) is 0 Å². The number of pyridine rings is 1. The van der Waals surface area contributed by atoms with Crippen molar-refractivity contribution in [1.29, 1.82) is 0 Å². The van der Waals surface area contributed by atoms with Crippen LogP contribution in [0.15, 0.2) is 30.3 Å². The normalized spacial score (nSPS) is 19.3. The van der Waals surface area contributed by atoms with E-state index in [1.807, 2.05) is 12.1 Å². The van der Waals surface area contributed by atoms with Gasteiger partial charge < -0.3 is 10.0 Å².